The van der Waals surface area contributed by atoms with Gasteiger partial charge < -0.3 is 25.3 Å². The van der Waals surface area contributed by atoms with Gasteiger partial charge in [-0.25, -0.2) is 9.59 Å². The average molecular weight is 507 g/mol. The highest BCUT2D eigenvalue weighted by atomic mass is 79.9. The quantitative estimate of drug-likeness (QED) is 0.585. The van der Waals surface area contributed by atoms with Crippen LogP contribution < -0.4 is 11.1 Å². The maximum Gasteiger partial charge on any atom is 0.341 e. The molecule has 3 N–H and O–H groups in total. The minimum atomic E-state index is -1.91. The lowest BCUT2D eigenvalue weighted by Crippen LogP contribution is -2.49. The van der Waals surface area contributed by atoms with Crippen LogP contribution in [0.25, 0.3) is 0 Å². The molecule has 1 aromatic carbocycles. The second kappa shape index (κ2) is 7.65. The van der Waals surface area contributed by atoms with Crippen molar-refractivity contribution in [3.8, 4) is 0 Å². The molecule has 1 amide bonds. The van der Waals surface area contributed by atoms with Crippen LogP contribution in [0.5, 0.6) is 0 Å². The van der Waals surface area contributed by atoms with E-state index in [9.17, 15) is 14.4 Å². The van der Waals surface area contributed by atoms with Crippen molar-refractivity contribution in [3.63, 3.8) is 0 Å². The molecule has 1 atom stereocenters. The Balaban J connectivity index is 2.37. The zero-order valence-corrected chi connectivity index (χ0v) is 20.7. The second-order valence-electron chi connectivity index (χ2n) is 9.67. The fourth-order valence-corrected chi connectivity index (χ4v) is 4.18. The summed E-state index contributed by atoms with van der Waals surface area (Å²) in [6.07, 6.45) is 0. The molecule has 1 spiro atoms. The van der Waals surface area contributed by atoms with E-state index in [0.29, 0.717) is 15.7 Å². The van der Waals surface area contributed by atoms with Crippen LogP contribution in [-0.4, -0.2) is 29.0 Å². The Bertz CT molecular complexity index is 1040. The number of rotatable bonds is 2. The molecule has 3 rings (SSSR count). The first-order valence-electron chi connectivity index (χ1n) is 10.1. The van der Waals surface area contributed by atoms with E-state index >= 15 is 0 Å². The van der Waals surface area contributed by atoms with Crippen LogP contribution in [-0.2, 0) is 34.0 Å². The van der Waals surface area contributed by atoms with Crippen molar-refractivity contribution in [2.24, 2.45) is 5.73 Å². The Morgan fingerprint density at radius 1 is 1.03 bits per heavy atom. The number of nitrogens with one attached hydrogen (secondary N) is 1. The number of hydrogen-bond acceptors (Lipinski definition) is 7. The van der Waals surface area contributed by atoms with Crippen LogP contribution in [0, 0.1) is 0 Å². The van der Waals surface area contributed by atoms with E-state index < -0.39 is 34.5 Å². The van der Waals surface area contributed by atoms with Crippen molar-refractivity contribution in [3.05, 3.63) is 51.0 Å². The zero-order chi connectivity index (χ0) is 24.2. The molecule has 0 unspecified atom stereocenters. The third-order valence-corrected chi connectivity index (χ3v) is 5.29. The van der Waals surface area contributed by atoms with Gasteiger partial charge in [0, 0.05) is 15.7 Å². The van der Waals surface area contributed by atoms with Crippen molar-refractivity contribution in [2.75, 3.05) is 5.32 Å². The summed E-state index contributed by atoms with van der Waals surface area (Å²) in [4.78, 5) is 40.4. The number of carbonyl (C=O) groups is 3. The van der Waals surface area contributed by atoms with E-state index in [1.54, 1.807) is 59.7 Å². The number of hydrogen-bond donors (Lipinski definition) is 2. The predicted octanol–water partition coefficient (Wildman–Crippen LogP) is 3.80. The Morgan fingerprint density at radius 3 is 2.09 bits per heavy atom. The molecule has 0 bridgehead atoms. The van der Waals surface area contributed by atoms with Gasteiger partial charge in [0.1, 0.15) is 33.5 Å². The van der Waals surface area contributed by atoms with Gasteiger partial charge in [0.25, 0.3) is 0 Å². The fraction of sp³-hybridized carbons (Fsp3) is 0.435. The molecular weight excluding hydrogens is 480 g/mol. The van der Waals surface area contributed by atoms with Crippen LogP contribution >= 0.6 is 15.9 Å². The lowest BCUT2D eigenvalue weighted by atomic mass is 9.67. The number of fused-ring (bicyclic) bond motifs is 2. The van der Waals surface area contributed by atoms with Gasteiger partial charge in [-0.1, -0.05) is 15.9 Å². The molecular formula is C23H27BrN2O6. The largest absolute Gasteiger partial charge is 0.456 e. The van der Waals surface area contributed by atoms with Crippen molar-refractivity contribution >= 4 is 39.5 Å². The van der Waals surface area contributed by atoms with Crippen LogP contribution in [0.15, 0.2) is 45.5 Å². The summed E-state index contributed by atoms with van der Waals surface area (Å²) in [6.45, 7) is 11.7. The van der Waals surface area contributed by atoms with Gasteiger partial charge in [-0.15, -0.1) is 0 Å². The number of ether oxygens (including phenoxy) is 3. The van der Waals surface area contributed by atoms with E-state index in [0.717, 1.165) is 0 Å². The molecule has 2 heterocycles. The standard InChI is InChI=1S/C23H27BrN2O6/c1-11-15(18(27)31-21(2,3)4)23(13-10-12(24)8-9-14(13)26-20(23)29)16(17(25)30-11)19(28)32-22(5,6)7/h8-10H,25H2,1-7H3,(H,26,29)/t23-/m0/s1. The van der Waals surface area contributed by atoms with Crippen LogP contribution in [0.2, 0.25) is 0 Å². The smallest absolute Gasteiger partial charge is 0.341 e. The molecule has 8 nitrogen and oxygen atoms in total. The topological polar surface area (TPSA) is 117 Å². The molecule has 0 fully saturated rings. The fourth-order valence-electron chi connectivity index (χ4n) is 3.82. The van der Waals surface area contributed by atoms with Crippen LogP contribution in [0.3, 0.4) is 0 Å². The zero-order valence-electron chi connectivity index (χ0n) is 19.1. The Kier molecular flexibility index (Phi) is 5.70. The van der Waals surface area contributed by atoms with E-state index in [1.165, 1.54) is 6.92 Å². The first kappa shape index (κ1) is 23.8. The number of amides is 1. The first-order chi connectivity index (χ1) is 14.6. The van der Waals surface area contributed by atoms with Gasteiger partial charge in [0.2, 0.25) is 11.8 Å². The monoisotopic (exact) mass is 506 g/mol. The summed E-state index contributed by atoms with van der Waals surface area (Å²) in [5.41, 5.74) is 2.92. The van der Waals surface area contributed by atoms with Crippen molar-refractivity contribution in [2.45, 2.75) is 65.1 Å². The normalized spacial score (nSPS) is 20.7. The molecule has 32 heavy (non-hydrogen) atoms. The number of anilines is 1. The summed E-state index contributed by atoms with van der Waals surface area (Å²) >= 11 is 3.41. The SMILES string of the molecule is CC1=C(C(=O)OC(C)(C)C)[C@]2(C(=O)Nc3ccc(Br)cc32)C(C(=O)OC(C)(C)C)=C(N)O1. The molecule has 2 aliphatic rings. The molecule has 9 heteroatoms. The Hall–Kier alpha value is -2.81. The van der Waals surface area contributed by atoms with Gasteiger partial charge in [0.15, 0.2) is 0 Å². The summed E-state index contributed by atoms with van der Waals surface area (Å²) in [5.74, 6) is -2.55. The van der Waals surface area contributed by atoms with Crippen LogP contribution in [0.1, 0.15) is 54.0 Å². The van der Waals surface area contributed by atoms with Gasteiger partial charge in [-0.3, -0.25) is 4.79 Å². The Labute approximate surface area is 195 Å². The minimum Gasteiger partial charge on any atom is -0.456 e. The van der Waals surface area contributed by atoms with Crippen molar-refractivity contribution in [1.29, 1.82) is 0 Å². The van der Waals surface area contributed by atoms with E-state index in [1.807, 2.05) is 0 Å². The highest BCUT2D eigenvalue weighted by Gasteiger charge is 2.62. The lowest BCUT2D eigenvalue weighted by molar-refractivity contribution is -0.153. The van der Waals surface area contributed by atoms with E-state index in [2.05, 4.69) is 21.2 Å². The number of carbonyl (C=O) groups excluding carboxylic acids is 3. The Morgan fingerprint density at radius 2 is 1.56 bits per heavy atom. The van der Waals surface area contributed by atoms with Gasteiger partial charge in [0.05, 0.1) is 0 Å². The highest BCUT2D eigenvalue weighted by molar-refractivity contribution is 9.10. The lowest BCUT2D eigenvalue weighted by Gasteiger charge is -2.37. The summed E-state index contributed by atoms with van der Waals surface area (Å²) < 4.78 is 17.4. The summed E-state index contributed by atoms with van der Waals surface area (Å²) in [6, 6.07) is 5.07. The number of benzene rings is 1. The third-order valence-electron chi connectivity index (χ3n) is 4.79. The van der Waals surface area contributed by atoms with Gasteiger partial charge in [-0.2, -0.15) is 0 Å². The molecule has 172 valence electrons. The molecule has 0 aliphatic carbocycles. The molecule has 0 saturated carbocycles. The molecule has 1 aromatic rings. The van der Waals surface area contributed by atoms with Crippen molar-refractivity contribution < 1.29 is 28.6 Å². The molecule has 0 saturated heterocycles. The van der Waals surface area contributed by atoms with E-state index in [4.69, 9.17) is 19.9 Å². The number of allylic oxidation sites excluding steroid dienone is 1. The number of halogens is 1. The first-order valence-corrected chi connectivity index (χ1v) is 10.8. The van der Waals surface area contributed by atoms with E-state index in [-0.39, 0.29) is 22.8 Å². The average Bonchev–Trinajstić information content (AvgIpc) is 2.84. The van der Waals surface area contributed by atoms with Crippen molar-refractivity contribution in [1.82, 2.24) is 0 Å². The molecule has 2 aliphatic heterocycles. The molecule has 0 aromatic heterocycles. The number of esters is 2. The third kappa shape index (κ3) is 4.01. The maximum atomic E-state index is 13.6. The highest BCUT2D eigenvalue weighted by Crippen LogP contribution is 2.53. The van der Waals surface area contributed by atoms with Gasteiger partial charge >= 0.3 is 11.9 Å². The summed E-state index contributed by atoms with van der Waals surface area (Å²) in [7, 11) is 0. The predicted molar refractivity (Wildman–Crippen MR) is 121 cm³/mol. The summed E-state index contributed by atoms with van der Waals surface area (Å²) in [5, 5.41) is 2.77. The van der Waals surface area contributed by atoms with Crippen LogP contribution in [0.4, 0.5) is 5.69 Å². The maximum absolute atomic E-state index is 13.6. The second-order valence-corrected chi connectivity index (χ2v) is 10.6. The molecule has 0 radical (unpaired) electrons. The minimum absolute atomic E-state index is 0.0621. The van der Waals surface area contributed by atoms with Gasteiger partial charge in [-0.05, 0) is 66.7 Å². The number of nitrogens with two attached hydrogens (primary N) is 1.